The highest BCUT2D eigenvalue weighted by Crippen LogP contribution is 2.47. The lowest BCUT2D eigenvalue weighted by Crippen LogP contribution is -1.93. The predicted octanol–water partition coefficient (Wildman–Crippen LogP) is 6.50. The Balaban J connectivity index is 2.06. The van der Waals surface area contributed by atoms with Crippen molar-refractivity contribution in [3.63, 3.8) is 0 Å². The van der Waals surface area contributed by atoms with Gasteiger partial charge in [-0.25, -0.2) is 0 Å². The van der Waals surface area contributed by atoms with Gasteiger partial charge in [0.05, 0.1) is 0 Å². The van der Waals surface area contributed by atoms with E-state index in [9.17, 15) is 0 Å². The van der Waals surface area contributed by atoms with E-state index in [1.165, 1.54) is 65.0 Å². The summed E-state index contributed by atoms with van der Waals surface area (Å²) >= 11 is 0. The van der Waals surface area contributed by atoms with Gasteiger partial charge < -0.3 is 0 Å². The van der Waals surface area contributed by atoms with Crippen molar-refractivity contribution in [1.82, 2.24) is 0 Å². The van der Waals surface area contributed by atoms with Gasteiger partial charge in [0.15, 0.2) is 0 Å². The molecule has 0 saturated carbocycles. The maximum absolute atomic E-state index is 3.40. The maximum Gasteiger partial charge on any atom is 0.0334 e. The largest absolute Gasteiger partial charge is 0.0795 e. The van der Waals surface area contributed by atoms with Crippen molar-refractivity contribution in [2.45, 2.75) is 6.42 Å². The number of rotatable bonds is 0. The van der Waals surface area contributed by atoms with Gasteiger partial charge in [-0.15, -0.1) is 0 Å². The summed E-state index contributed by atoms with van der Waals surface area (Å²) < 4.78 is 0. The van der Waals surface area contributed by atoms with Crippen LogP contribution < -0.4 is 0 Å². The first-order valence-electron chi connectivity index (χ1n) is 8.78. The highest BCUT2D eigenvalue weighted by atomic mass is 14.2. The number of hydrogen-bond donors (Lipinski definition) is 0. The summed E-state index contributed by atoms with van der Waals surface area (Å²) in [6.07, 6.45) is 5.59. The lowest BCUT2D eigenvalue weighted by atomic mass is 9.84. The molecule has 0 radical (unpaired) electrons. The fraction of sp³-hybridized carbons (Fsp3) is 0.0400. The molecular weight excluding hydrogens is 300 g/mol. The zero-order valence-electron chi connectivity index (χ0n) is 13.5. The van der Waals surface area contributed by atoms with Crippen molar-refractivity contribution >= 4 is 59.9 Å². The van der Waals surface area contributed by atoms with E-state index in [4.69, 9.17) is 0 Å². The molecule has 0 nitrogen and oxygen atoms in total. The van der Waals surface area contributed by atoms with Gasteiger partial charge in [-0.3, -0.25) is 0 Å². The van der Waals surface area contributed by atoms with Crippen LogP contribution >= 0.6 is 0 Å². The normalized spacial score (nSPS) is 13.8. The summed E-state index contributed by atoms with van der Waals surface area (Å²) in [5.41, 5.74) is 2.76. The van der Waals surface area contributed by atoms with Crippen LogP contribution in [0.2, 0.25) is 0 Å². The van der Waals surface area contributed by atoms with Crippen LogP contribution in [-0.4, -0.2) is 0 Å². The molecule has 25 heavy (non-hydrogen) atoms. The average Bonchev–Trinajstić information content (AvgIpc) is 2.86. The molecule has 0 aliphatic heterocycles. The summed E-state index contributed by atoms with van der Waals surface area (Å²) in [5.74, 6) is 0. The lowest BCUT2D eigenvalue weighted by molar-refractivity contribution is 1.32. The molecule has 0 atom stereocenters. The zero-order chi connectivity index (χ0) is 16.1. The van der Waals surface area contributed by atoms with Gasteiger partial charge in [0, 0.05) is 21.5 Å². The first kappa shape index (κ1) is 12.1. The molecule has 7 rings (SSSR count). The fourth-order valence-electron chi connectivity index (χ4n) is 4.93. The van der Waals surface area contributed by atoms with E-state index in [1.54, 1.807) is 0 Å². The smallest absolute Gasteiger partial charge is 0.0334 e. The van der Waals surface area contributed by atoms with Gasteiger partial charge >= 0.3 is 0 Å². The molecule has 0 spiro atoms. The van der Waals surface area contributed by atoms with Crippen LogP contribution in [0.1, 0.15) is 11.1 Å². The molecule has 0 bridgehead atoms. The van der Waals surface area contributed by atoms with E-state index in [0.717, 1.165) is 6.42 Å². The first-order valence-corrected chi connectivity index (χ1v) is 8.78. The molecule has 0 aromatic heterocycles. The van der Waals surface area contributed by atoms with Gasteiger partial charge in [-0.2, -0.15) is 0 Å². The minimum Gasteiger partial charge on any atom is -0.0795 e. The Morgan fingerprint density at radius 2 is 1.20 bits per heavy atom. The molecule has 0 N–H and O–H groups in total. The lowest BCUT2D eigenvalue weighted by Gasteiger charge is -2.18. The molecule has 0 unspecified atom stereocenters. The summed E-state index contributed by atoms with van der Waals surface area (Å²) in [6.45, 7) is 0. The second-order valence-electron chi connectivity index (χ2n) is 7.16. The van der Waals surface area contributed by atoms with Crippen molar-refractivity contribution in [3.8, 4) is 0 Å². The molecule has 1 aliphatic carbocycles. The Morgan fingerprint density at radius 1 is 0.560 bits per heavy atom. The van der Waals surface area contributed by atoms with Gasteiger partial charge in [0.2, 0.25) is 0 Å². The van der Waals surface area contributed by atoms with E-state index < -0.39 is 0 Å². The van der Waals surface area contributed by atoms with E-state index >= 15 is 0 Å². The van der Waals surface area contributed by atoms with E-state index in [-0.39, 0.29) is 0 Å². The molecule has 112 valence electrons. The molecule has 0 amide bonds. The van der Waals surface area contributed by atoms with Crippen LogP contribution in [0.25, 0.3) is 59.9 Å². The van der Waals surface area contributed by atoms with Crippen molar-refractivity contribution in [3.05, 3.63) is 77.9 Å². The molecule has 1 aliphatic rings. The summed E-state index contributed by atoms with van der Waals surface area (Å²) in [7, 11) is 0. The van der Waals surface area contributed by atoms with Gasteiger partial charge in [0.1, 0.15) is 0 Å². The van der Waals surface area contributed by atoms with Gasteiger partial charge in [-0.1, -0.05) is 60.7 Å². The van der Waals surface area contributed by atoms with Crippen LogP contribution in [0, 0.1) is 12.1 Å². The molecule has 0 fully saturated rings. The van der Waals surface area contributed by atoms with Crippen LogP contribution in [0.15, 0.2) is 54.6 Å². The van der Waals surface area contributed by atoms with Crippen LogP contribution in [0.3, 0.4) is 0 Å². The third-order valence-electron chi connectivity index (χ3n) is 5.96. The first-order chi connectivity index (χ1) is 12.4. The molecule has 0 saturated heterocycles. The SMILES string of the molecule is c1c2ccc3ccc4c5c6c(ccc7ccc(c#1)c(c76)c2c35)CC=C4. The van der Waals surface area contributed by atoms with Crippen LogP contribution in [0.4, 0.5) is 0 Å². The van der Waals surface area contributed by atoms with Crippen molar-refractivity contribution in [2.75, 3.05) is 0 Å². The van der Waals surface area contributed by atoms with Crippen molar-refractivity contribution < 1.29 is 0 Å². The minimum absolute atomic E-state index is 0.992. The fourth-order valence-corrected chi connectivity index (χ4v) is 4.93. The predicted molar refractivity (Wildman–Crippen MR) is 107 cm³/mol. The molecule has 0 heteroatoms. The van der Waals surface area contributed by atoms with Gasteiger partial charge in [-0.05, 0) is 62.0 Å². The van der Waals surface area contributed by atoms with Crippen molar-refractivity contribution in [2.24, 2.45) is 0 Å². The maximum atomic E-state index is 3.40. The van der Waals surface area contributed by atoms with Crippen LogP contribution in [-0.2, 0) is 6.42 Å². The Bertz CT molecular complexity index is 1490. The number of allylic oxidation sites excluding steroid dienone is 1. The second-order valence-corrected chi connectivity index (χ2v) is 7.16. The standard InChI is InChI=1S/C25H12/c1-2-14-4-6-16-8-10-18-12-13-19-11-9-17-7-5-15(3-1)21-20(14)22(16)24(18)25(19)23(17)21/h1-2,4-11H,3H2. The Morgan fingerprint density at radius 3 is 1.96 bits per heavy atom. The molecule has 6 aromatic rings. The van der Waals surface area contributed by atoms with E-state index in [1.807, 2.05) is 0 Å². The Labute approximate surface area is 144 Å². The van der Waals surface area contributed by atoms with E-state index in [0.29, 0.717) is 0 Å². The molecule has 6 aromatic carbocycles. The van der Waals surface area contributed by atoms with Crippen molar-refractivity contribution in [1.29, 1.82) is 0 Å². The number of benzene rings is 5. The second kappa shape index (κ2) is 3.85. The molecule has 0 heterocycles. The Hall–Kier alpha value is -3.30. The Kier molecular flexibility index (Phi) is 1.86. The third-order valence-corrected chi connectivity index (χ3v) is 5.96. The zero-order valence-corrected chi connectivity index (χ0v) is 13.5. The summed E-state index contributed by atoms with van der Waals surface area (Å²) in [6, 6.07) is 24.8. The quantitative estimate of drug-likeness (QED) is 0.222. The third kappa shape index (κ3) is 1.26. The summed E-state index contributed by atoms with van der Waals surface area (Å²) in [4.78, 5) is 0. The highest BCUT2D eigenvalue weighted by Gasteiger charge is 2.20. The topological polar surface area (TPSA) is 0 Å². The summed E-state index contributed by atoms with van der Waals surface area (Å²) in [5, 5.41) is 13.4. The average molecular weight is 312 g/mol. The van der Waals surface area contributed by atoms with Gasteiger partial charge in [0.25, 0.3) is 0 Å². The van der Waals surface area contributed by atoms with Crippen LogP contribution in [0.5, 0.6) is 0 Å². The number of hydrogen-bond acceptors (Lipinski definition) is 0. The molecular formula is C25H12. The monoisotopic (exact) mass is 312 g/mol. The minimum atomic E-state index is 0.992. The highest BCUT2D eigenvalue weighted by molar-refractivity contribution is 6.40. The van der Waals surface area contributed by atoms with E-state index in [2.05, 4.69) is 72.8 Å².